The van der Waals surface area contributed by atoms with Crippen molar-refractivity contribution < 1.29 is 0 Å². The molecule has 0 saturated carbocycles. The summed E-state index contributed by atoms with van der Waals surface area (Å²) in [5, 5.41) is 2.58. The number of aromatic nitrogens is 1. The molecule has 0 saturated heterocycles. The molecule has 53 heavy (non-hydrogen) atoms. The molecule has 0 bridgehead atoms. The summed E-state index contributed by atoms with van der Waals surface area (Å²) in [6.45, 7) is 4.77. The largest absolute Gasteiger partial charge is 0.309 e. The summed E-state index contributed by atoms with van der Waals surface area (Å²) in [6, 6.07) is 66.5. The molecule has 12 rings (SSSR count). The SMILES string of the molecule is CC1(C)c2ccccc2-c2cc3c4ccccc4n(-c4cccc5c4-c4ccccc4C54c5ccccc5-c5ccccc5-c5ccccc54)c3cc21. The lowest BCUT2D eigenvalue weighted by molar-refractivity contribution is 0.661. The second-order valence-corrected chi connectivity index (χ2v) is 15.6. The molecule has 0 N–H and O–H groups in total. The van der Waals surface area contributed by atoms with Crippen molar-refractivity contribution >= 4 is 21.8 Å². The third-order valence-electron chi connectivity index (χ3n) is 12.8. The van der Waals surface area contributed by atoms with E-state index in [1.165, 1.54) is 105 Å². The molecule has 0 amide bonds. The van der Waals surface area contributed by atoms with Crippen LogP contribution < -0.4 is 0 Å². The van der Waals surface area contributed by atoms with E-state index in [9.17, 15) is 0 Å². The molecule has 1 spiro atoms. The van der Waals surface area contributed by atoms with E-state index in [0.29, 0.717) is 0 Å². The first kappa shape index (κ1) is 29.2. The Bertz CT molecular complexity index is 2980. The Morgan fingerprint density at radius 1 is 0.340 bits per heavy atom. The molecule has 0 radical (unpaired) electrons. The summed E-state index contributed by atoms with van der Waals surface area (Å²) >= 11 is 0. The number of para-hydroxylation sites is 1. The van der Waals surface area contributed by atoms with Gasteiger partial charge in [-0.15, -0.1) is 0 Å². The van der Waals surface area contributed by atoms with E-state index >= 15 is 0 Å². The summed E-state index contributed by atoms with van der Waals surface area (Å²) in [7, 11) is 0. The first-order valence-corrected chi connectivity index (χ1v) is 18.8. The zero-order chi connectivity index (χ0) is 35.1. The summed E-state index contributed by atoms with van der Waals surface area (Å²) in [5.41, 5.74) is 21.7. The lowest BCUT2D eigenvalue weighted by atomic mass is 9.66. The van der Waals surface area contributed by atoms with Crippen LogP contribution in [0.15, 0.2) is 176 Å². The molecule has 1 heterocycles. The van der Waals surface area contributed by atoms with Crippen molar-refractivity contribution in [3.05, 3.63) is 209 Å². The molecular weight excluding hydrogens is 639 g/mol. The zero-order valence-electron chi connectivity index (χ0n) is 29.7. The van der Waals surface area contributed by atoms with Gasteiger partial charge in [0.25, 0.3) is 0 Å². The van der Waals surface area contributed by atoms with Crippen LogP contribution in [0.5, 0.6) is 0 Å². The van der Waals surface area contributed by atoms with Gasteiger partial charge in [0, 0.05) is 21.8 Å². The van der Waals surface area contributed by atoms with Gasteiger partial charge in [-0.25, -0.2) is 0 Å². The molecule has 248 valence electrons. The van der Waals surface area contributed by atoms with Crippen LogP contribution >= 0.6 is 0 Å². The van der Waals surface area contributed by atoms with Crippen molar-refractivity contribution in [2.75, 3.05) is 0 Å². The molecule has 1 nitrogen and oxygen atoms in total. The number of fused-ring (bicyclic) bond motifs is 18. The summed E-state index contributed by atoms with van der Waals surface area (Å²) in [6.07, 6.45) is 0. The topological polar surface area (TPSA) is 4.93 Å². The number of rotatable bonds is 1. The fourth-order valence-corrected chi connectivity index (χ4v) is 10.7. The maximum atomic E-state index is 2.57. The quantitative estimate of drug-likeness (QED) is 0.163. The van der Waals surface area contributed by atoms with Crippen LogP contribution in [-0.2, 0) is 10.8 Å². The predicted molar refractivity (Wildman–Crippen MR) is 220 cm³/mol. The Morgan fingerprint density at radius 3 is 1.49 bits per heavy atom. The number of nitrogens with zero attached hydrogens (tertiary/aromatic N) is 1. The van der Waals surface area contributed by atoms with Gasteiger partial charge < -0.3 is 4.57 Å². The lowest BCUT2D eigenvalue weighted by Crippen LogP contribution is -2.29. The van der Waals surface area contributed by atoms with Crippen LogP contribution in [-0.4, -0.2) is 4.57 Å². The van der Waals surface area contributed by atoms with Crippen LogP contribution in [0.2, 0.25) is 0 Å². The van der Waals surface area contributed by atoms with Crippen LogP contribution in [0.3, 0.4) is 0 Å². The van der Waals surface area contributed by atoms with Gasteiger partial charge in [0.1, 0.15) is 0 Å². The van der Waals surface area contributed by atoms with E-state index in [1.54, 1.807) is 0 Å². The lowest BCUT2D eigenvalue weighted by Gasteiger charge is -2.35. The standard InChI is InChI=1S/C52H35N/c1-51(2)41-23-10-5-20-36(41)39-30-40-37-21-9-14-28-47(37)53(49(40)31-46(39)51)48-29-15-27-45-50(48)38-22-8-13-26-44(38)52(45)42-24-11-6-18-34(42)32-16-3-4-17-33(32)35-19-7-12-25-43(35)52/h3-31H,1-2H3. The van der Waals surface area contributed by atoms with E-state index in [0.717, 1.165) is 0 Å². The third kappa shape index (κ3) is 3.48. The minimum atomic E-state index is -0.516. The van der Waals surface area contributed by atoms with Gasteiger partial charge in [-0.1, -0.05) is 166 Å². The van der Waals surface area contributed by atoms with E-state index in [-0.39, 0.29) is 5.41 Å². The van der Waals surface area contributed by atoms with E-state index in [1.807, 2.05) is 0 Å². The van der Waals surface area contributed by atoms with Gasteiger partial charge >= 0.3 is 0 Å². The number of hydrogen-bond donors (Lipinski definition) is 0. The zero-order valence-corrected chi connectivity index (χ0v) is 29.7. The summed E-state index contributed by atoms with van der Waals surface area (Å²) < 4.78 is 2.57. The molecule has 3 aliphatic carbocycles. The predicted octanol–water partition coefficient (Wildman–Crippen LogP) is 13.1. The molecule has 0 fully saturated rings. The van der Waals surface area contributed by atoms with Crippen molar-refractivity contribution in [2.45, 2.75) is 24.7 Å². The molecule has 8 aromatic carbocycles. The molecule has 1 heteroatoms. The normalized spacial score (nSPS) is 14.9. The Hall–Kier alpha value is -6.44. The minimum Gasteiger partial charge on any atom is -0.309 e. The third-order valence-corrected chi connectivity index (χ3v) is 12.8. The van der Waals surface area contributed by atoms with Gasteiger partial charge in [-0.3, -0.25) is 0 Å². The van der Waals surface area contributed by atoms with Gasteiger partial charge in [0.15, 0.2) is 0 Å². The summed E-state index contributed by atoms with van der Waals surface area (Å²) in [5.74, 6) is 0. The van der Waals surface area contributed by atoms with Crippen molar-refractivity contribution in [3.63, 3.8) is 0 Å². The molecule has 1 aromatic heterocycles. The highest BCUT2D eigenvalue weighted by molar-refractivity contribution is 6.12. The van der Waals surface area contributed by atoms with E-state index < -0.39 is 5.41 Å². The van der Waals surface area contributed by atoms with Crippen LogP contribution in [0, 0.1) is 0 Å². The second-order valence-electron chi connectivity index (χ2n) is 15.6. The van der Waals surface area contributed by atoms with Crippen LogP contribution in [0.4, 0.5) is 0 Å². The Morgan fingerprint density at radius 2 is 0.830 bits per heavy atom. The number of benzene rings is 8. The van der Waals surface area contributed by atoms with Gasteiger partial charge in [0.05, 0.1) is 22.1 Å². The van der Waals surface area contributed by atoms with Crippen LogP contribution in [0.25, 0.3) is 72.0 Å². The monoisotopic (exact) mass is 673 g/mol. The van der Waals surface area contributed by atoms with E-state index in [4.69, 9.17) is 0 Å². The van der Waals surface area contributed by atoms with Crippen molar-refractivity contribution in [1.82, 2.24) is 4.57 Å². The van der Waals surface area contributed by atoms with Gasteiger partial charge in [-0.05, 0) is 96.6 Å². The molecule has 0 atom stereocenters. The first-order valence-electron chi connectivity index (χ1n) is 18.8. The Labute approximate surface area is 309 Å². The Balaban J connectivity index is 1.23. The fraction of sp³-hybridized carbons (Fsp3) is 0.0769. The summed E-state index contributed by atoms with van der Waals surface area (Å²) in [4.78, 5) is 0. The van der Waals surface area contributed by atoms with Crippen molar-refractivity contribution in [1.29, 1.82) is 0 Å². The van der Waals surface area contributed by atoms with Gasteiger partial charge in [-0.2, -0.15) is 0 Å². The van der Waals surface area contributed by atoms with Crippen molar-refractivity contribution in [2.24, 2.45) is 0 Å². The fourth-order valence-electron chi connectivity index (χ4n) is 10.7. The molecule has 9 aromatic rings. The average Bonchev–Trinajstić information content (AvgIpc) is 3.75. The van der Waals surface area contributed by atoms with Crippen LogP contribution in [0.1, 0.15) is 47.2 Å². The smallest absolute Gasteiger partial charge is 0.0726 e. The highest BCUT2D eigenvalue weighted by Crippen LogP contribution is 2.62. The Kier molecular flexibility index (Phi) is 5.57. The molecular formula is C52H35N. The van der Waals surface area contributed by atoms with Crippen molar-refractivity contribution in [3.8, 4) is 50.2 Å². The number of hydrogen-bond acceptors (Lipinski definition) is 0. The highest BCUT2D eigenvalue weighted by atomic mass is 15.0. The maximum Gasteiger partial charge on any atom is 0.0726 e. The first-order chi connectivity index (χ1) is 26.1. The second kappa shape index (κ2) is 10.1. The molecule has 0 unspecified atom stereocenters. The maximum absolute atomic E-state index is 2.57. The van der Waals surface area contributed by atoms with Gasteiger partial charge in [0.2, 0.25) is 0 Å². The average molecular weight is 674 g/mol. The highest BCUT2D eigenvalue weighted by Gasteiger charge is 2.50. The molecule has 0 aliphatic heterocycles. The molecule has 3 aliphatic rings. The van der Waals surface area contributed by atoms with E-state index in [2.05, 4.69) is 194 Å². The minimum absolute atomic E-state index is 0.0977.